The monoisotopic (exact) mass is 447 g/mol. The number of nitrogens with zero attached hydrogens (tertiary/aromatic N) is 4. The Balaban J connectivity index is 1.55. The molecule has 1 saturated carbocycles. The number of amides is 1. The molecule has 2 aromatic heterocycles. The Bertz CT molecular complexity index is 1140. The maximum Gasteiger partial charge on any atom is 0.451 e. The Labute approximate surface area is 180 Å². The molecule has 1 amide bonds. The fourth-order valence-corrected chi connectivity index (χ4v) is 3.81. The van der Waals surface area contributed by atoms with Gasteiger partial charge in [0.1, 0.15) is 12.0 Å². The molecule has 0 saturated heterocycles. The summed E-state index contributed by atoms with van der Waals surface area (Å²) in [4.78, 5) is 29.9. The van der Waals surface area contributed by atoms with Gasteiger partial charge in [0.2, 0.25) is 5.82 Å². The summed E-state index contributed by atoms with van der Waals surface area (Å²) >= 11 is 0. The molecule has 32 heavy (non-hydrogen) atoms. The van der Waals surface area contributed by atoms with Gasteiger partial charge in [-0.25, -0.2) is 9.97 Å². The van der Waals surface area contributed by atoms with Crippen LogP contribution in [0.25, 0.3) is 10.9 Å². The smallest absolute Gasteiger partial charge is 0.451 e. The van der Waals surface area contributed by atoms with E-state index in [1.807, 2.05) is 10.9 Å². The number of aldehydes is 1. The Morgan fingerprint density at radius 2 is 1.88 bits per heavy atom. The van der Waals surface area contributed by atoms with E-state index in [-0.39, 0.29) is 17.5 Å². The van der Waals surface area contributed by atoms with Crippen LogP contribution in [0.1, 0.15) is 47.9 Å². The first-order chi connectivity index (χ1) is 15.3. The van der Waals surface area contributed by atoms with Crippen molar-refractivity contribution >= 4 is 28.8 Å². The highest BCUT2D eigenvalue weighted by Crippen LogP contribution is 2.34. The molecule has 1 N–H and O–H groups in total. The van der Waals surface area contributed by atoms with Crippen LogP contribution in [0.3, 0.4) is 0 Å². The van der Waals surface area contributed by atoms with E-state index >= 15 is 0 Å². The quantitative estimate of drug-likeness (QED) is 0.593. The van der Waals surface area contributed by atoms with Gasteiger partial charge in [-0.15, -0.1) is 0 Å². The van der Waals surface area contributed by atoms with E-state index in [0.717, 1.165) is 49.7 Å². The van der Waals surface area contributed by atoms with E-state index in [1.54, 1.807) is 12.1 Å². The summed E-state index contributed by atoms with van der Waals surface area (Å²) in [7, 11) is 1.44. The lowest BCUT2D eigenvalue weighted by atomic mass is 9.87. The second kappa shape index (κ2) is 8.56. The minimum absolute atomic E-state index is 0.104. The first kappa shape index (κ1) is 21.7. The number of methoxy groups -OCH3 is 1. The van der Waals surface area contributed by atoms with Gasteiger partial charge in [0.15, 0.2) is 0 Å². The van der Waals surface area contributed by atoms with E-state index in [4.69, 9.17) is 4.74 Å². The highest BCUT2D eigenvalue weighted by atomic mass is 19.4. The van der Waals surface area contributed by atoms with Crippen molar-refractivity contribution in [2.45, 2.75) is 37.9 Å². The van der Waals surface area contributed by atoms with Crippen LogP contribution in [-0.4, -0.2) is 39.1 Å². The van der Waals surface area contributed by atoms with Crippen molar-refractivity contribution in [1.82, 2.24) is 19.7 Å². The van der Waals surface area contributed by atoms with Gasteiger partial charge in [0.25, 0.3) is 5.91 Å². The summed E-state index contributed by atoms with van der Waals surface area (Å²) in [6.45, 7) is 0. The van der Waals surface area contributed by atoms with Gasteiger partial charge in [0.05, 0.1) is 29.9 Å². The number of alkyl halides is 3. The van der Waals surface area contributed by atoms with Crippen molar-refractivity contribution in [1.29, 1.82) is 0 Å². The molecule has 3 aromatic rings. The highest BCUT2D eigenvalue weighted by Gasteiger charge is 2.34. The molecule has 2 heterocycles. The van der Waals surface area contributed by atoms with Gasteiger partial charge in [-0.1, -0.05) is 0 Å². The van der Waals surface area contributed by atoms with E-state index in [2.05, 4.69) is 20.4 Å². The number of hydrogen-bond acceptors (Lipinski definition) is 6. The van der Waals surface area contributed by atoms with E-state index < -0.39 is 17.9 Å². The Hall–Kier alpha value is -3.50. The molecule has 0 aliphatic heterocycles. The maximum atomic E-state index is 12.6. The molecule has 0 bridgehead atoms. The molecule has 0 atom stereocenters. The zero-order valence-electron chi connectivity index (χ0n) is 17.1. The van der Waals surface area contributed by atoms with Gasteiger partial charge < -0.3 is 14.8 Å². The lowest BCUT2D eigenvalue weighted by Gasteiger charge is -2.25. The van der Waals surface area contributed by atoms with E-state index in [1.165, 1.54) is 7.11 Å². The number of rotatable bonds is 5. The largest absolute Gasteiger partial charge is 0.494 e. The van der Waals surface area contributed by atoms with Crippen molar-refractivity contribution in [2.24, 2.45) is 5.92 Å². The molecule has 168 valence electrons. The summed E-state index contributed by atoms with van der Waals surface area (Å²) < 4.78 is 45.1. The summed E-state index contributed by atoms with van der Waals surface area (Å²) in [6, 6.07) is 3.56. The van der Waals surface area contributed by atoms with Crippen LogP contribution in [0.15, 0.2) is 30.7 Å². The Kier molecular flexibility index (Phi) is 5.81. The van der Waals surface area contributed by atoms with Crippen LogP contribution in [-0.2, 0) is 11.0 Å². The molecule has 0 radical (unpaired) electrons. The average molecular weight is 447 g/mol. The molecule has 1 aliphatic rings. The third-order valence-electron chi connectivity index (χ3n) is 5.57. The number of aromatic nitrogens is 4. The van der Waals surface area contributed by atoms with E-state index in [0.29, 0.717) is 17.0 Å². The fraction of sp³-hybridized carbons (Fsp3) is 0.381. The SMILES string of the molecule is COc1cc2nn(C3CCC(C=O)CC3)cc2cc1NC(=O)c1cnc(C(F)(F)F)nc1. The minimum atomic E-state index is -4.68. The number of carbonyl (C=O) groups excluding carboxylic acids is 2. The number of anilines is 1. The van der Waals surface area contributed by atoms with Crippen molar-refractivity contribution in [2.75, 3.05) is 12.4 Å². The molecule has 4 rings (SSSR count). The first-order valence-electron chi connectivity index (χ1n) is 10.0. The molecule has 8 nitrogen and oxygen atoms in total. The standard InChI is InChI=1S/C21H20F3N5O3/c1-32-18-7-16-13(10-29(28-16)15-4-2-12(11-30)3-5-15)6-17(18)27-19(31)14-8-25-20(26-9-14)21(22,23)24/h6-12,15H,2-5H2,1H3,(H,27,31). The maximum absolute atomic E-state index is 12.6. The summed E-state index contributed by atoms with van der Waals surface area (Å²) in [5.74, 6) is -1.53. The van der Waals surface area contributed by atoms with Crippen molar-refractivity contribution in [3.8, 4) is 5.75 Å². The topological polar surface area (TPSA) is 99.0 Å². The normalized spacial score (nSPS) is 19.0. The predicted molar refractivity (Wildman–Crippen MR) is 108 cm³/mol. The van der Waals surface area contributed by atoms with Crippen molar-refractivity contribution < 1.29 is 27.5 Å². The number of ether oxygens (including phenoxy) is 1. The summed E-state index contributed by atoms with van der Waals surface area (Å²) in [5, 5.41) is 8.01. The molecule has 1 aliphatic carbocycles. The second-order valence-electron chi connectivity index (χ2n) is 7.67. The highest BCUT2D eigenvalue weighted by molar-refractivity contribution is 6.05. The van der Waals surface area contributed by atoms with Crippen molar-refractivity contribution in [3.63, 3.8) is 0 Å². The summed E-state index contributed by atoms with van der Waals surface area (Å²) in [6.07, 6.45) is 3.20. The van der Waals surface area contributed by atoms with Crippen molar-refractivity contribution in [3.05, 3.63) is 42.1 Å². The number of nitrogens with one attached hydrogen (secondary N) is 1. The number of hydrogen-bond donors (Lipinski definition) is 1. The second-order valence-corrected chi connectivity index (χ2v) is 7.67. The zero-order chi connectivity index (χ0) is 22.9. The predicted octanol–water partition coefficient (Wildman–Crippen LogP) is 4.04. The van der Waals surface area contributed by atoms with Gasteiger partial charge in [-0.3, -0.25) is 9.48 Å². The Morgan fingerprint density at radius 3 is 2.47 bits per heavy atom. The molecule has 11 heteroatoms. The molecular weight excluding hydrogens is 427 g/mol. The van der Waals surface area contributed by atoms with Crippen LogP contribution < -0.4 is 10.1 Å². The number of halogens is 3. The van der Waals surface area contributed by atoms with Crippen LogP contribution in [0, 0.1) is 5.92 Å². The number of benzene rings is 1. The average Bonchev–Trinajstić information content (AvgIpc) is 3.21. The van der Waals surface area contributed by atoms with Crippen LogP contribution in [0.4, 0.5) is 18.9 Å². The van der Waals surface area contributed by atoms with Gasteiger partial charge in [-0.05, 0) is 31.7 Å². The molecule has 1 aromatic carbocycles. The third-order valence-corrected chi connectivity index (χ3v) is 5.57. The third kappa shape index (κ3) is 4.41. The van der Waals surface area contributed by atoms with Gasteiger partial charge in [0, 0.05) is 36.0 Å². The van der Waals surface area contributed by atoms with Gasteiger partial charge in [-0.2, -0.15) is 18.3 Å². The van der Waals surface area contributed by atoms with Crippen LogP contribution >= 0.6 is 0 Å². The number of carbonyl (C=O) groups is 2. The molecule has 1 fully saturated rings. The van der Waals surface area contributed by atoms with Gasteiger partial charge >= 0.3 is 6.18 Å². The number of fused-ring (bicyclic) bond motifs is 1. The lowest BCUT2D eigenvalue weighted by molar-refractivity contribution is -0.145. The molecule has 0 spiro atoms. The zero-order valence-corrected chi connectivity index (χ0v) is 17.1. The van der Waals surface area contributed by atoms with Crippen LogP contribution in [0.2, 0.25) is 0 Å². The fourth-order valence-electron chi connectivity index (χ4n) is 3.81. The summed E-state index contributed by atoms with van der Waals surface area (Å²) in [5.41, 5.74) is 0.895. The lowest BCUT2D eigenvalue weighted by Crippen LogP contribution is -2.19. The minimum Gasteiger partial charge on any atom is -0.494 e. The van der Waals surface area contributed by atoms with Crippen LogP contribution in [0.5, 0.6) is 5.75 Å². The first-order valence-corrected chi connectivity index (χ1v) is 10.0. The van der Waals surface area contributed by atoms with E-state index in [9.17, 15) is 22.8 Å². The Morgan fingerprint density at radius 1 is 1.19 bits per heavy atom. The molecule has 0 unspecified atom stereocenters. The molecular formula is C21H20F3N5O3.